The summed E-state index contributed by atoms with van der Waals surface area (Å²) < 4.78 is 2.01. The Kier molecular flexibility index (Phi) is 5.84. The Bertz CT molecular complexity index is 1350. The molecule has 0 spiro atoms. The zero-order chi connectivity index (χ0) is 22.1. The van der Waals surface area contributed by atoms with Gasteiger partial charge in [0, 0.05) is 18.5 Å². The topological polar surface area (TPSA) is 106 Å². The summed E-state index contributed by atoms with van der Waals surface area (Å²) in [5.41, 5.74) is 1.26. The molecule has 0 saturated carbocycles. The number of aromatic amines is 1. The molecule has 164 valence electrons. The largest absolute Gasteiger partial charge is 0.507 e. The van der Waals surface area contributed by atoms with Gasteiger partial charge in [-0.1, -0.05) is 13.8 Å². The number of phenols is 2. The van der Waals surface area contributed by atoms with Gasteiger partial charge >= 0.3 is 0 Å². The number of benzene rings is 3. The maximum atomic E-state index is 12.8. The summed E-state index contributed by atoms with van der Waals surface area (Å²) in [6, 6.07) is 6.53. The van der Waals surface area contributed by atoms with Crippen molar-refractivity contribution in [2.45, 2.75) is 20.4 Å². The van der Waals surface area contributed by atoms with E-state index in [0.29, 0.717) is 41.3 Å². The molecule has 0 atom stereocenters. The molecule has 0 amide bonds. The third-order valence-electron chi connectivity index (χ3n) is 6.00. The van der Waals surface area contributed by atoms with E-state index in [1.54, 1.807) is 0 Å². The van der Waals surface area contributed by atoms with Crippen molar-refractivity contribution in [3.8, 4) is 11.5 Å². The maximum absolute atomic E-state index is 12.8. The molecule has 0 radical (unpaired) electrons. The van der Waals surface area contributed by atoms with E-state index in [2.05, 4.69) is 34.2 Å². The lowest BCUT2D eigenvalue weighted by Gasteiger charge is -2.18. The van der Waals surface area contributed by atoms with Crippen LogP contribution in [0.15, 0.2) is 34.1 Å². The Morgan fingerprint density at radius 1 is 1.06 bits per heavy atom. The SMILES string of the molecule is CCN(CC)CCn1[nH]c2c3c(=O)ccc(O)c3c(O)c3c(=NCCNC)ccc1c32. The smallest absolute Gasteiger partial charge is 0.189 e. The Labute approximate surface area is 179 Å². The number of likely N-dealkylation sites (N-methyl/N-ethyl adjacent to an activating group) is 2. The molecule has 8 nitrogen and oxygen atoms in total. The molecule has 3 aromatic carbocycles. The van der Waals surface area contributed by atoms with Gasteiger partial charge in [-0.2, -0.15) is 0 Å². The fourth-order valence-corrected chi connectivity index (χ4v) is 4.29. The van der Waals surface area contributed by atoms with Crippen LogP contribution >= 0.6 is 0 Å². The second-order valence-corrected chi connectivity index (χ2v) is 7.69. The first kappa shape index (κ1) is 21.1. The van der Waals surface area contributed by atoms with Crippen LogP contribution in [-0.2, 0) is 6.54 Å². The van der Waals surface area contributed by atoms with Gasteiger partial charge in [-0.25, -0.2) is 0 Å². The van der Waals surface area contributed by atoms with E-state index in [0.717, 1.165) is 30.5 Å². The third kappa shape index (κ3) is 3.51. The Morgan fingerprint density at radius 2 is 1.84 bits per heavy atom. The monoisotopic (exact) mass is 423 g/mol. The van der Waals surface area contributed by atoms with Crippen molar-refractivity contribution in [2.75, 3.05) is 39.8 Å². The van der Waals surface area contributed by atoms with Gasteiger partial charge in [0.25, 0.3) is 0 Å². The summed E-state index contributed by atoms with van der Waals surface area (Å²) in [6.07, 6.45) is 0. The number of nitrogens with one attached hydrogen (secondary N) is 2. The average molecular weight is 424 g/mol. The molecule has 0 aliphatic carbocycles. The Balaban J connectivity index is 2.07. The van der Waals surface area contributed by atoms with Crippen molar-refractivity contribution in [1.29, 1.82) is 0 Å². The lowest BCUT2D eigenvalue weighted by atomic mass is 9.99. The molecule has 0 bridgehead atoms. The summed E-state index contributed by atoms with van der Waals surface area (Å²) in [7, 11) is 1.86. The molecule has 1 aromatic heterocycles. The zero-order valence-corrected chi connectivity index (χ0v) is 18.2. The fourth-order valence-electron chi connectivity index (χ4n) is 4.29. The highest BCUT2D eigenvalue weighted by Gasteiger charge is 2.22. The normalized spacial score (nSPS) is 12.8. The first-order chi connectivity index (χ1) is 15.0. The van der Waals surface area contributed by atoms with Crippen LogP contribution in [-0.4, -0.2) is 64.7 Å². The number of aromatic nitrogens is 2. The van der Waals surface area contributed by atoms with Gasteiger partial charge in [-0.15, -0.1) is 0 Å². The number of H-pyrrole nitrogens is 1. The molecule has 31 heavy (non-hydrogen) atoms. The van der Waals surface area contributed by atoms with E-state index in [4.69, 9.17) is 0 Å². The van der Waals surface area contributed by atoms with E-state index < -0.39 is 0 Å². The quantitative estimate of drug-likeness (QED) is 0.256. The van der Waals surface area contributed by atoms with Gasteiger partial charge in [0.05, 0.1) is 45.6 Å². The van der Waals surface area contributed by atoms with Crippen LogP contribution in [0.4, 0.5) is 0 Å². The van der Waals surface area contributed by atoms with Gasteiger partial charge < -0.3 is 20.4 Å². The summed E-state index contributed by atoms with van der Waals surface area (Å²) in [5.74, 6) is -0.235. The van der Waals surface area contributed by atoms with E-state index in [9.17, 15) is 15.0 Å². The van der Waals surface area contributed by atoms with E-state index >= 15 is 0 Å². The summed E-state index contributed by atoms with van der Waals surface area (Å²) >= 11 is 0. The minimum Gasteiger partial charge on any atom is -0.507 e. The van der Waals surface area contributed by atoms with Crippen LogP contribution in [0.25, 0.3) is 32.6 Å². The molecule has 0 aliphatic rings. The third-order valence-corrected chi connectivity index (χ3v) is 6.00. The van der Waals surface area contributed by atoms with Crippen LogP contribution in [0, 0.1) is 0 Å². The van der Waals surface area contributed by atoms with Crippen LogP contribution in [0.2, 0.25) is 0 Å². The number of nitrogens with zero attached hydrogens (tertiary/aromatic N) is 3. The van der Waals surface area contributed by atoms with Gasteiger partial charge in [-0.3, -0.25) is 19.6 Å². The van der Waals surface area contributed by atoms with Crippen molar-refractivity contribution >= 4 is 32.6 Å². The van der Waals surface area contributed by atoms with Crippen molar-refractivity contribution < 1.29 is 10.2 Å². The highest BCUT2D eigenvalue weighted by atomic mass is 16.3. The number of hydrogen-bond acceptors (Lipinski definition) is 6. The van der Waals surface area contributed by atoms with E-state index in [1.165, 1.54) is 12.1 Å². The first-order valence-corrected chi connectivity index (χ1v) is 10.7. The minimum atomic E-state index is -0.249. The van der Waals surface area contributed by atoms with Crippen molar-refractivity contribution in [2.24, 2.45) is 4.99 Å². The highest BCUT2D eigenvalue weighted by molar-refractivity contribution is 6.23. The summed E-state index contributed by atoms with van der Waals surface area (Å²) in [5, 5.41) is 30.5. The molecule has 4 N–H and O–H groups in total. The van der Waals surface area contributed by atoms with Gasteiger partial charge in [0.1, 0.15) is 11.5 Å². The summed E-state index contributed by atoms with van der Waals surface area (Å²) in [6.45, 7) is 8.98. The van der Waals surface area contributed by atoms with E-state index in [-0.39, 0.29) is 22.3 Å². The zero-order valence-electron chi connectivity index (χ0n) is 18.2. The number of fused-ring (bicyclic) bond motifs is 2. The van der Waals surface area contributed by atoms with Crippen LogP contribution in [0.1, 0.15) is 13.8 Å². The molecular weight excluding hydrogens is 394 g/mol. The predicted octanol–water partition coefficient (Wildman–Crippen LogP) is 1.95. The second-order valence-electron chi connectivity index (χ2n) is 7.69. The number of hydrogen-bond donors (Lipinski definition) is 4. The Hall–Kier alpha value is -3.10. The molecule has 4 rings (SSSR count). The minimum absolute atomic E-state index is 0.110. The number of phenolic OH excluding ortho intramolecular Hbond substituents is 2. The molecule has 8 heteroatoms. The Morgan fingerprint density at radius 3 is 2.55 bits per heavy atom. The molecule has 4 aromatic rings. The molecule has 0 saturated heterocycles. The van der Waals surface area contributed by atoms with Crippen molar-refractivity contribution in [3.63, 3.8) is 0 Å². The molecule has 1 heterocycles. The lowest BCUT2D eigenvalue weighted by molar-refractivity contribution is 0.287. The number of aromatic hydroxyl groups is 2. The van der Waals surface area contributed by atoms with Crippen molar-refractivity contribution in [1.82, 2.24) is 20.0 Å². The first-order valence-electron chi connectivity index (χ1n) is 10.7. The van der Waals surface area contributed by atoms with E-state index in [1.807, 2.05) is 23.9 Å². The fraction of sp³-hybridized carbons (Fsp3) is 0.391. The van der Waals surface area contributed by atoms with Gasteiger partial charge in [0.15, 0.2) is 5.43 Å². The van der Waals surface area contributed by atoms with Gasteiger partial charge in [-0.05, 0) is 44.4 Å². The predicted molar refractivity (Wildman–Crippen MR) is 124 cm³/mol. The average Bonchev–Trinajstić information content (AvgIpc) is 3.13. The molecule has 0 unspecified atom stereocenters. The second kappa shape index (κ2) is 8.56. The maximum Gasteiger partial charge on any atom is 0.189 e. The standard InChI is InChI=1S/C23H29N5O3/c1-4-27(5-2)12-13-28-15-7-6-14(25-11-10-24-3)18-19(15)22(26-28)20-16(29)8-9-17(30)21(20)23(18)31/h6-9,24,26,30-31H,4-5,10-13H2,1-3H3. The van der Waals surface area contributed by atoms with Gasteiger partial charge in [0.2, 0.25) is 0 Å². The van der Waals surface area contributed by atoms with Crippen LogP contribution in [0.3, 0.4) is 0 Å². The van der Waals surface area contributed by atoms with Crippen LogP contribution < -0.4 is 16.1 Å². The highest BCUT2D eigenvalue weighted by Crippen LogP contribution is 2.41. The lowest BCUT2D eigenvalue weighted by Crippen LogP contribution is -2.27. The molecular formula is C23H29N5O3. The van der Waals surface area contributed by atoms with Crippen molar-refractivity contribution in [3.05, 3.63) is 39.8 Å². The summed E-state index contributed by atoms with van der Waals surface area (Å²) in [4.78, 5) is 19.7. The number of rotatable bonds is 8. The van der Waals surface area contributed by atoms with Crippen LogP contribution in [0.5, 0.6) is 11.5 Å². The molecule has 0 aliphatic heterocycles. The molecule has 0 fully saturated rings.